The summed E-state index contributed by atoms with van der Waals surface area (Å²) in [5, 5.41) is 3.55. The molecule has 0 aromatic heterocycles. The Morgan fingerprint density at radius 2 is 2.11 bits per heavy atom. The number of carbonyl (C=O) groups excluding carboxylic acids is 1. The number of ether oxygens (including phenoxy) is 1. The van der Waals surface area contributed by atoms with E-state index in [9.17, 15) is 18.0 Å². The highest BCUT2D eigenvalue weighted by atomic mass is 79.9. The van der Waals surface area contributed by atoms with Crippen LogP contribution in [0, 0.1) is 0 Å². The lowest BCUT2D eigenvalue weighted by molar-refractivity contribution is -0.138. The van der Waals surface area contributed by atoms with Gasteiger partial charge in [-0.3, -0.25) is 4.79 Å². The molecule has 0 aliphatic carbocycles. The van der Waals surface area contributed by atoms with E-state index in [2.05, 4.69) is 26.5 Å². The Labute approximate surface area is 108 Å². The molecule has 1 aromatic carbocycles. The number of benzene rings is 1. The van der Waals surface area contributed by atoms with Gasteiger partial charge in [-0.2, -0.15) is 13.2 Å². The molecule has 1 amide bonds. The van der Waals surface area contributed by atoms with Crippen molar-refractivity contribution >= 4 is 27.7 Å². The fourth-order valence-electron chi connectivity index (χ4n) is 1.34. The zero-order valence-electron chi connectivity index (χ0n) is 8.71. The number of halogens is 4. The van der Waals surface area contributed by atoms with E-state index < -0.39 is 17.6 Å². The summed E-state index contributed by atoms with van der Waals surface area (Å²) in [6.07, 6.45) is -4.48. The SMILES string of the molecule is O=C1COC(c2ccc(Br)c(C(F)(F)F)c2)=NN1. The van der Waals surface area contributed by atoms with Gasteiger partial charge in [-0.15, -0.1) is 5.10 Å². The van der Waals surface area contributed by atoms with Crippen molar-refractivity contribution in [3.8, 4) is 0 Å². The van der Waals surface area contributed by atoms with Crippen LogP contribution in [-0.4, -0.2) is 18.4 Å². The fraction of sp³-hybridized carbons (Fsp3) is 0.200. The third-order valence-electron chi connectivity index (χ3n) is 2.14. The van der Waals surface area contributed by atoms with Crippen LogP contribution in [0.1, 0.15) is 11.1 Å². The molecule has 0 unspecified atom stereocenters. The Morgan fingerprint density at radius 1 is 1.39 bits per heavy atom. The summed E-state index contributed by atoms with van der Waals surface area (Å²) in [6.45, 7) is -0.268. The third kappa shape index (κ3) is 2.63. The lowest BCUT2D eigenvalue weighted by Gasteiger charge is -2.15. The molecular formula is C10H6BrF3N2O2. The van der Waals surface area contributed by atoms with Crippen molar-refractivity contribution < 1.29 is 22.7 Å². The minimum absolute atomic E-state index is 0.0485. The zero-order valence-corrected chi connectivity index (χ0v) is 10.3. The van der Waals surface area contributed by atoms with Gasteiger partial charge in [0.2, 0.25) is 5.90 Å². The second-order valence-electron chi connectivity index (χ2n) is 3.43. The Morgan fingerprint density at radius 3 is 2.67 bits per heavy atom. The maximum absolute atomic E-state index is 12.7. The number of carbonyl (C=O) groups is 1. The van der Waals surface area contributed by atoms with Crippen molar-refractivity contribution in [3.63, 3.8) is 0 Å². The second kappa shape index (κ2) is 4.60. The molecule has 0 bridgehead atoms. The van der Waals surface area contributed by atoms with Gasteiger partial charge in [0.05, 0.1) is 5.56 Å². The molecule has 0 atom stereocenters. The molecule has 0 fully saturated rings. The number of amides is 1. The van der Waals surface area contributed by atoms with E-state index in [1.165, 1.54) is 12.1 Å². The molecule has 0 saturated heterocycles. The van der Waals surface area contributed by atoms with E-state index in [0.717, 1.165) is 6.07 Å². The van der Waals surface area contributed by atoms with E-state index in [0.29, 0.717) is 0 Å². The zero-order chi connectivity index (χ0) is 13.3. The van der Waals surface area contributed by atoms with Crippen LogP contribution in [0.15, 0.2) is 27.8 Å². The van der Waals surface area contributed by atoms with Gasteiger partial charge in [0.15, 0.2) is 6.61 Å². The van der Waals surface area contributed by atoms with Crippen LogP contribution in [0.5, 0.6) is 0 Å². The first-order valence-electron chi connectivity index (χ1n) is 4.74. The molecule has 0 radical (unpaired) electrons. The minimum atomic E-state index is -4.48. The van der Waals surface area contributed by atoms with Gasteiger partial charge in [-0.1, -0.05) is 15.9 Å². The number of hydrogen-bond donors (Lipinski definition) is 1. The number of rotatable bonds is 1. The molecule has 4 nitrogen and oxygen atoms in total. The maximum atomic E-state index is 12.7. The van der Waals surface area contributed by atoms with Crippen molar-refractivity contribution in [2.24, 2.45) is 5.10 Å². The molecule has 1 N–H and O–H groups in total. The van der Waals surface area contributed by atoms with Gasteiger partial charge >= 0.3 is 6.18 Å². The van der Waals surface area contributed by atoms with Crippen LogP contribution >= 0.6 is 15.9 Å². The molecule has 1 heterocycles. The van der Waals surface area contributed by atoms with E-state index in [4.69, 9.17) is 4.74 Å². The first kappa shape index (κ1) is 12.9. The van der Waals surface area contributed by atoms with Gasteiger partial charge in [0, 0.05) is 10.0 Å². The van der Waals surface area contributed by atoms with Crippen LogP contribution in [0.4, 0.5) is 13.2 Å². The lowest BCUT2D eigenvalue weighted by Crippen LogP contribution is -2.32. The van der Waals surface area contributed by atoms with Crippen molar-refractivity contribution in [1.29, 1.82) is 0 Å². The van der Waals surface area contributed by atoms with Crippen molar-refractivity contribution in [3.05, 3.63) is 33.8 Å². The quantitative estimate of drug-likeness (QED) is 0.862. The molecule has 2 rings (SSSR count). The van der Waals surface area contributed by atoms with Gasteiger partial charge < -0.3 is 4.74 Å². The summed E-state index contributed by atoms with van der Waals surface area (Å²) in [5.74, 6) is -0.500. The molecule has 8 heteroatoms. The molecule has 18 heavy (non-hydrogen) atoms. The van der Waals surface area contributed by atoms with Gasteiger partial charge in [-0.05, 0) is 18.2 Å². The summed E-state index contributed by atoms with van der Waals surface area (Å²) in [6, 6.07) is 3.57. The third-order valence-corrected chi connectivity index (χ3v) is 2.83. The van der Waals surface area contributed by atoms with Crippen LogP contribution in [0.25, 0.3) is 0 Å². The maximum Gasteiger partial charge on any atom is 0.417 e. The summed E-state index contributed by atoms with van der Waals surface area (Å²) in [4.78, 5) is 10.8. The highest BCUT2D eigenvalue weighted by Crippen LogP contribution is 2.35. The summed E-state index contributed by atoms with van der Waals surface area (Å²) in [5.41, 5.74) is 1.45. The van der Waals surface area contributed by atoms with Crippen LogP contribution in [-0.2, 0) is 15.7 Å². The van der Waals surface area contributed by atoms with Crippen molar-refractivity contribution in [2.75, 3.05) is 6.61 Å². The topological polar surface area (TPSA) is 50.7 Å². The molecule has 1 aliphatic rings. The highest BCUT2D eigenvalue weighted by Gasteiger charge is 2.33. The average molecular weight is 323 g/mol. The second-order valence-corrected chi connectivity index (χ2v) is 4.29. The normalized spacial score (nSPS) is 15.8. The van der Waals surface area contributed by atoms with E-state index >= 15 is 0 Å². The average Bonchev–Trinajstić information content (AvgIpc) is 2.29. The molecular weight excluding hydrogens is 317 g/mol. The van der Waals surface area contributed by atoms with E-state index in [-0.39, 0.29) is 22.5 Å². The first-order valence-corrected chi connectivity index (χ1v) is 5.53. The number of nitrogens with one attached hydrogen (secondary N) is 1. The van der Waals surface area contributed by atoms with Gasteiger partial charge in [0.25, 0.3) is 5.91 Å². The molecule has 96 valence electrons. The van der Waals surface area contributed by atoms with Crippen LogP contribution < -0.4 is 5.43 Å². The summed E-state index contributed by atoms with van der Waals surface area (Å²) < 4.78 is 42.9. The minimum Gasteiger partial charge on any atom is -0.466 e. The van der Waals surface area contributed by atoms with Gasteiger partial charge in [0.1, 0.15) is 0 Å². The molecule has 0 saturated carbocycles. The van der Waals surface area contributed by atoms with Crippen molar-refractivity contribution in [1.82, 2.24) is 5.43 Å². The summed E-state index contributed by atoms with van der Waals surface area (Å²) in [7, 11) is 0. The van der Waals surface area contributed by atoms with E-state index in [1.54, 1.807) is 0 Å². The fourth-order valence-corrected chi connectivity index (χ4v) is 1.81. The number of alkyl halides is 3. The molecule has 0 spiro atoms. The monoisotopic (exact) mass is 322 g/mol. The van der Waals surface area contributed by atoms with Crippen LogP contribution in [0.2, 0.25) is 0 Å². The number of hydrogen-bond acceptors (Lipinski definition) is 3. The smallest absolute Gasteiger partial charge is 0.417 e. The van der Waals surface area contributed by atoms with Crippen LogP contribution in [0.3, 0.4) is 0 Å². The summed E-state index contributed by atoms with van der Waals surface area (Å²) >= 11 is 2.83. The Bertz CT molecular complexity index is 528. The lowest BCUT2D eigenvalue weighted by atomic mass is 10.1. The predicted molar refractivity (Wildman–Crippen MR) is 59.8 cm³/mol. The number of nitrogens with zero attached hydrogens (tertiary/aromatic N) is 1. The predicted octanol–water partition coefficient (Wildman–Crippen LogP) is 2.28. The first-order chi connectivity index (χ1) is 8.38. The van der Waals surface area contributed by atoms with Crippen molar-refractivity contribution in [2.45, 2.75) is 6.18 Å². The highest BCUT2D eigenvalue weighted by molar-refractivity contribution is 9.10. The Balaban J connectivity index is 2.39. The largest absolute Gasteiger partial charge is 0.466 e. The Hall–Kier alpha value is -1.57. The molecule has 1 aliphatic heterocycles. The number of hydrazone groups is 1. The van der Waals surface area contributed by atoms with Gasteiger partial charge in [-0.25, -0.2) is 5.43 Å². The molecule has 1 aromatic rings. The van der Waals surface area contributed by atoms with E-state index in [1.807, 2.05) is 0 Å². The standard InChI is InChI=1S/C10H6BrF3N2O2/c11-7-2-1-5(3-6(7)10(12,13)14)9-16-15-8(17)4-18-9/h1-3H,4H2,(H,15,17). The Kier molecular flexibility index (Phi) is 3.29.